The number of benzene rings is 2. The second-order valence-corrected chi connectivity index (χ2v) is 30.2. The summed E-state index contributed by atoms with van der Waals surface area (Å²) in [5.41, 5.74) is 14.7. The number of hydrogen-bond donors (Lipinski definition) is 8. The van der Waals surface area contributed by atoms with Crippen LogP contribution in [0.25, 0.3) is 32.8 Å². The zero-order valence-electron chi connectivity index (χ0n) is 70.4. The smallest absolute Gasteiger partial charge is 0.467 e. The highest BCUT2D eigenvalue weighted by Crippen LogP contribution is 2.36. The van der Waals surface area contributed by atoms with Crippen LogP contribution in [0.2, 0.25) is 0 Å². The maximum Gasteiger partial charge on any atom is 0.471 e. The SMILES string of the molecule is CNCCCC[C@H](CC(=O)CCN=[N+]=[N-])C(=O)NCCCCCC(=O)CC(C)(CCC(=O)CCCOCCCC(=O)CC[C@H](NC(=O)c1ccc(N(Cc2cnc3nc(N)[nH]c(=O)c3n2)C(=O)C(F)(F)F)cc1)C(=O)OC)CCC(=O)CCCOCCCC(=O)CC[C@H](NC(=O)c1ccc(N(Cc2cnc3nc(N)[nH]c(=O)c3n2)C(=O)C(F)(F)F)cc1)C(=O)OC. The Labute approximate surface area is 718 Å². The van der Waals surface area contributed by atoms with Crippen LogP contribution in [0.3, 0.4) is 0 Å². The molecule has 10 N–H and O–H groups in total. The number of carbonyl (C=O) groups excluding carboxylic acids is 13. The third kappa shape index (κ3) is 35.3. The van der Waals surface area contributed by atoms with E-state index in [1.807, 2.05) is 14.0 Å². The number of nitrogens with two attached hydrogens (primary N) is 2. The summed E-state index contributed by atoms with van der Waals surface area (Å²) in [6, 6.07) is 5.91. The van der Waals surface area contributed by atoms with Gasteiger partial charge in [-0.2, -0.15) is 36.3 Å². The number of carbonyl (C=O) groups is 13. The minimum atomic E-state index is -5.37. The van der Waals surface area contributed by atoms with Gasteiger partial charge in [-0.3, -0.25) is 82.1 Å². The quantitative estimate of drug-likeness (QED) is 0.00445. The van der Waals surface area contributed by atoms with Crippen LogP contribution in [0.1, 0.15) is 206 Å². The summed E-state index contributed by atoms with van der Waals surface area (Å²) < 4.78 is 104. The molecule has 3 atom stereocenters. The van der Waals surface area contributed by atoms with Gasteiger partial charge in [-0.15, -0.1) is 0 Å². The van der Waals surface area contributed by atoms with Gasteiger partial charge in [0.2, 0.25) is 17.8 Å². The van der Waals surface area contributed by atoms with Crippen molar-refractivity contribution >= 4 is 122 Å². The van der Waals surface area contributed by atoms with Crippen molar-refractivity contribution in [2.24, 2.45) is 16.4 Å². The van der Waals surface area contributed by atoms with Crippen LogP contribution in [-0.4, -0.2) is 208 Å². The number of anilines is 4. The Kier molecular flexibility index (Phi) is 42.0. The molecule has 126 heavy (non-hydrogen) atoms. The number of nitrogens with one attached hydrogen (secondary N) is 6. The van der Waals surface area contributed by atoms with E-state index in [9.17, 15) is 98.3 Å². The third-order valence-electron chi connectivity index (χ3n) is 20.2. The highest BCUT2D eigenvalue weighted by Gasteiger charge is 2.45. The van der Waals surface area contributed by atoms with Crippen LogP contribution in [0.15, 0.2) is 75.6 Å². The van der Waals surface area contributed by atoms with Crippen LogP contribution in [0.4, 0.5) is 49.6 Å². The number of esters is 2. The molecule has 6 aromatic rings. The molecule has 44 heteroatoms. The third-order valence-corrected chi connectivity index (χ3v) is 20.2. The van der Waals surface area contributed by atoms with Crippen molar-refractivity contribution in [3.8, 4) is 0 Å². The Bertz CT molecular complexity index is 4680. The van der Waals surface area contributed by atoms with E-state index < -0.39 is 95.5 Å². The van der Waals surface area contributed by atoms with Gasteiger partial charge in [-0.05, 0) is 150 Å². The van der Waals surface area contributed by atoms with Crippen LogP contribution >= 0.6 is 0 Å². The number of hydrogen-bond acceptors (Lipinski definition) is 29. The average Bonchev–Trinajstić information content (AvgIpc) is 0.797. The summed E-state index contributed by atoms with van der Waals surface area (Å²) in [5, 5.41) is 14.3. The number of aromatic nitrogens is 8. The Morgan fingerprint density at radius 3 is 1.33 bits per heavy atom. The molecular formula is C82H105F6N19O19. The maximum atomic E-state index is 13.9. The molecule has 4 aromatic heterocycles. The van der Waals surface area contributed by atoms with Crippen molar-refractivity contribution in [1.29, 1.82) is 0 Å². The number of alkyl halides is 6. The molecule has 0 saturated heterocycles. The molecule has 5 amide bonds. The van der Waals surface area contributed by atoms with Crippen molar-refractivity contribution in [3.63, 3.8) is 0 Å². The van der Waals surface area contributed by atoms with Crippen molar-refractivity contribution < 1.29 is 108 Å². The van der Waals surface area contributed by atoms with E-state index in [1.54, 1.807) is 0 Å². The van der Waals surface area contributed by atoms with Gasteiger partial charge < -0.3 is 51.7 Å². The molecule has 684 valence electrons. The lowest BCUT2D eigenvalue weighted by molar-refractivity contribution is -0.170. The van der Waals surface area contributed by atoms with Gasteiger partial charge in [0.15, 0.2) is 22.3 Å². The van der Waals surface area contributed by atoms with E-state index in [2.05, 4.69) is 71.2 Å². The first-order valence-corrected chi connectivity index (χ1v) is 40.9. The summed E-state index contributed by atoms with van der Waals surface area (Å²) >= 11 is 0. The minimum absolute atomic E-state index is 0.000306. The summed E-state index contributed by atoms with van der Waals surface area (Å²) in [6.45, 7) is 1.88. The number of unbranched alkanes of at least 4 members (excludes halogenated alkanes) is 3. The molecular weight excluding hydrogens is 1670 g/mol. The Hall–Kier alpha value is -12.4. The lowest BCUT2D eigenvalue weighted by Crippen LogP contribution is -2.42. The highest BCUT2D eigenvalue weighted by molar-refractivity contribution is 6.01. The fraction of sp³-hybridized carbons (Fsp3) is 0.549. The predicted molar refractivity (Wildman–Crippen MR) is 443 cm³/mol. The number of nitrogens with zero attached hydrogens (tertiary/aromatic N) is 11. The predicted octanol–water partition coefficient (Wildman–Crippen LogP) is 8.20. The zero-order chi connectivity index (χ0) is 92.5. The van der Waals surface area contributed by atoms with E-state index >= 15 is 0 Å². The normalized spacial score (nSPS) is 12.3. The molecule has 0 bridgehead atoms. The van der Waals surface area contributed by atoms with Gasteiger partial charge in [-0.25, -0.2) is 29.5 Å². The fourth-order valence-electron chi connectivity index (χ4n) is 13.3. The van der Waals surface area contributed by atoms with E-state index in [-0.39, 0.29) is 257 Å². The molecule has 0 saturated carbocycles. The second-order valence-electron chi connectivity index (χ2n) is 30.2. The number of Topliss-reactive ketones (excluding diaryl/α,β-unsaturated/α-hetero) is 6. The molecule has 6 rings (SSSR count). The molecule has 0 fully saturated rings. The number of methoxy groups -OCH3 is 2. The standard InChI is InChI=1S/C82H105F6N19O19/c1-80(45-62(113)15-6-5-8-38-93-69(114)52(14-7-9-37-92-2)44-61(112)34-39-96-105-91,35-32-59(110)18-12-42-125-40-10-16-57(108)28-30-63(74(119)123-3)99-70(115)50-20-24-55(25-21-50)106(76(121)81(83,84)85)48-53-46-94-67-65(97-53)72(117)103-78(89)101-67)36-33-60(111)19-13-43-126-41-11-17-58(109)29-31-64(75(120)124-4)100-71(116)51-22-26-56(27-23-51)107(77(122)82(86,87)88)49-54-47-95-68-66(98-54)73(118)104-79(90)102-68/h20-27,46-47,52,63-64,92H,5-19,28-45,48-49H2,1-4H3,(H,93,114)(H,99,115)(H,100,116)(H3,89,94,101,103,117)(H3,90,95,102,104,118)/t52-,63+,64+/m1/s1. The minimum Gasteiger partial charge on any atom is -0.467 e. The lowest BCUT2D eigenvalue weighted by Gasteiger charge is -2.29. The number of azide groups is 1. The van der Waals surface area contributed by atoms with Gasteiger partial charge >= 0.3 is 36.1 Å². The molecule has 2 aromatic carbocycles. The van der Waals surface area contributed by atoms with Gasteiger partial charge in [0.05, 0.1) is 51.1 Å². The average molecular weight is 1770 g/mol. The first-order chi connectivity index (χ1) is 59.9. The Morgan fingerprint density at radius 1 is 0.516 bits per heavy atom. The fourth-order valence-corrected chi connectivity index (χ4v) is 13.3. The summed E-state index contributed by atoms with van der Waals surface area (Å²) in [4.78, 5) is 226. The van der Waals surface area contributed by atoms with E-state index in [0.717, 1.165) is 88.1 Å². The Balaban J connectivity index is 0.931. The van der Waals surface area contributed by atoms with Gasteiger partial charge in [0.25, 0.3) is 22.9 Å². The number of amides is 5. The molecule has 4 heterocycles. The van der Waals surface area contributed by atoms with Gasteiger partial charge in [0, 0.05) is 150 Å². The van der Waals surface area contributed by atoms with Crippen LogP contribution in [0, 0.1) is 11.3 Å². The molecule has 38 nitrogen and oxygen atoms in total. The van der Waals surface area contributed by atoms with Gasteiger partial charge in [-0.1, -0.05) is 24.9 Å². The van der Waals surface area contributed by atoms with Crippen LogP contribution in [0.5, 0.6) is 0 Å². The molecule has 0 radical (unpaired) electrons. The topological polar surface area (TPSA) is 557 Å². The van der Waals surface area contributed by atoms with Crippen molar-refractivity contribution in [1.82, 2.24) is 61.1 Å². The van der Waals surface area contributed by atoms with E-state index in [1.165, 1.54) is 0 Å². The number of nitrogen functional groups attached to an aromatic ring is 2. The van der Waals surface area contributed by atoms with Crippen molar-refractivity contribution in [3.05, 3.63) is 115 Å². The summed E-state index contributed by atoms with van der Waals surface area (Å²) in [6.07, 6.45) is -3.26. The first kappa shape index (κ1) is 102. The summed E-state index contributed by atoms with van der Waals surface area (Å²) in [7, 11) is 3.94. The number of ether oxygens (including phenoxy) is 4. The number of halogens is 6. The number of H-pyrrole nitrogens is 2. The van der Waals surface area contributed by atoms with E-state index in [4.69, 9.17) is 35.9 Å². The maximum absolute atomic E-state index is 13.9. The number of fused-ring (bicyclic) bond motifs is 2. The zero-order valence-corrected chi connectivity index (χ0v) is 70.4. The highest BCUT2D eigenvalue weighted by atomic mass is 19.4. The monoisotopic (exact) mass is 1770 g/mol. The first-order valence-electron chi connectivity index (χ1n) is 40.9. The van der Waals surface area contributed by atoms with Crippen LogP contribution < -0.4 is 53.7 Å². The second kappa shape index (κ2) is 51.7. The number of aromatic amines is 2. The van der Waals surface area contributed by atoms with Gasteiger partial charge in [0.1, 0.15) is 46.8 Å². The molecule has 0 aliphatic heterocycles. The molecule has 0 unspecified atom stereocenters. The van der Waals surface area contributed by atoms with Crippen molar-refractivity contribution in [2.45, 2.75) is 211 Å². The number of rotatable bonds is 59. The largest absolute Gasteiger partial charge is 0.471 e. The van der Waals surface area contributed by atoms with E-state index in [0.29, 0.717) is 61.3 Å². The molecule has 0 aliphatic rings. The molecule has 0 spiro atoms. The number of ketones is 6. The Morgan fingerprint density at radius 2 is 0.929 bits per heavy atom. The van der Waals surface area contributed by atoms with Crippen molar-refractivity contribution in [2.75, 3.05) is 88.6 Å². The summed E-state index contributed by atoms with van der Waals surface area (Å²) in [5.74, 6) is -10.6. The van der Waals surface area contributed by atoms with Crippen LogP contribution in [-0.2, 0) is 84.8 Å². The lowest BCUT2D eigenvalue weighted by atomic mass is 9.75. The molecule has 0 aliphatic carbocycles.